The first-order valence-corrected chi connectivity index (χ1v) is 7.63. The summed E-state index contributed by atoms with van der Waals surface area (Å²) in [6, 6.07) is 0. The van der Waals surface area contributed by atoms with Crippen molar-refractivity contribution in [1.29, 1.82) is 0 Å². The molecule has 0 aromatic rings. The lowest BCUT2D eigenvalue weighted by molar-refractivity contribution is 0.302. The molecule has 0 heterocycles. The monoisotopic (exact) mass is 242 g/mol. The maximum Gasteiger partial charge on any atom is 0.0107 e. The van der Waals surface area contributed by atoms with Crippen LogP contribution in [-0.4, -0.2) is 37.6 Å². The fraction of sp³-hybridized carbons (Fsp3) is 1.00. The number of likely N-dealkylation sites (N-methyl/N-ethyl adjacent to an activating group) is 1. The molecule has 1 N–H and O–H groups in total. The lowest BCUT2D eigenvalue weighted by atomic mass is 10.0. The lowest BCUT2D eigenvalue weighted by Crippen LogP contribution is -2.32. The minimum Gasteiger partial charge on any atom is -0.315 e. The van der Waals surface area contributed by atoms with Crippen molar-refractivity contribution in [3.8, 4) is 0 Å². The number of unbranched alkanes of at least 4 members (excludes halogenated alkanes) is 3. The molecule has 0 aromatic heterocycles. The second kappa shape index (κ2) is 12.4. The van der Waals surface area contributed by atoms with E-state index in [1.54, 1.807) is 0 Å². The summed E-state index contributed by atoms with van der Waals surface area (Å²) < 4.78 is 0. The van der Waals surface area contributed by atoms with Crippen LogP contribution in [0.25, 0.3) is 0 Å². The molecule has 2 nitrogen and oxygen atoms in total. The molecule has 0 atom stereocenters. The van der Waals surface area contributed by atoms with Gasteiger partial charge >= 0.3 is 0 Å². The Kier molecular flexibility index (Phi) is 12.3. The van der Waals surface area contributed by atoms with Gasteiger partial charge in [-0.05, 0) is 32.0 Å². The standard InChI is InChI=1S/C15H34N2/c1-5-17(6-2)14-13-16-12-10-8-7-9-11-15(3)4/h15-16H,5-14H2,1-4H3. The average molecular weight is 242 g/mol. The molecule has 0 aliphatic carbocycles. The Bertz CT molecular complexity index is 142. The van der Waals surface area contributed by atoms with Crippen molar-refractivity contribution in [2.45, 2.75) is 59.8 Å². The van der Waals surface area contributed by atoms with Gasteiger partial charge in [-0.1, -0.05) is 53.4 Å². The van der Waals surface area contributed by atoms with Crippen LogP contribution in [0.3, 0.4) is 0 Å². The fourth-order valence-corrected chi connectivity index (χ4v) is 2.06. The van der Waals surface area contributed by atoms with E-state index < -0.39 is 0 Å². The van der Waals surface area contributed by atoms with E-state index >= 15 is 0 Å². The zero-order chi connectivity index (χ0) is 12.9. The summed E-state index contributed by atoms with van der Waals surface area (Å²) in [5.41, 5.74) is 0. The Morgan fingerprint density at radius 3 is 2.12 bits per heavy atom. The van der Waals surface area contributed by atoms with Gasteiger partial charge in [-0.2, -0.15) is 0 Å². The lowest BCUT2D eigenvalue weighted by Gasteiger charge is -2.17. The molecule has 0 unspecified atom stereocenters. The molecular weight excluding hydrogens is 208 g/mol. The minimum atomic E-state index is 0.877. The summed E-state index contributed by atoms with van der Waals surface area (Å²) in [5.74, 6) is 0.877. The third kappa shape index (κ3) is 12.2. The van der Waals surface area contributed by atoms with Gasteiger partial charge in [0.2, 0.25) is 0 Å². The van der Waals surface area contributed by atoms with E-state index in [-0.39, 0.29) is 0 Å². The molecule has 0 aromatic carbocycles. The van der Waals surface area contributed by atoms with Crippen LogP contribution in [0.5, 0.6) is 0 Å². The second-order valence-corrected chi connectivity index (χ2v) is 5.37. The number of hydrogen-bond acceptors (Lipinski definition) is 2. The van der Waals surface area contributed by atoms with Crippen LogP contribution in [-0.2, 0) is 0 Å². The molecule has 0 radical (unpaired) electrons. The summed E-state index contributed by atoms with van der Waals surface area (Å²) in [7, 11) is 0. The van der Waals surface area contributed by atoms with Crippen molar-refractivity contribution in [2.24, 2.45) is 5.92 Å². The summed E-state index contributed by atoms with van der Waals surface area (Å²) in [6.45, 7) is 15.0. The largest absolute Gasteiger partial charge is 0.315 e. The Morgan fingerprint density at radius 2 is 1.53 bits per heavy atom. The van der Waals surface area contributed by atoms with Crippen LogP contribution in [0.4, 0.5) is 0 Å². The highest BCUT2D eigenvalue weighted by Crippen LogP contribution is 2.08. The first kappa shape index (κ1) is 16.9. The summed E-state index contributed by atoms with van der Waals surface area (Å²) in [6.07, 6.45) is 6.96. The van der Waals surface area contributed by atoms with Gasteiger partial charge in [0.15, 0.2) is 0 Å². The van der Waals surface area contributed by atoms with Crippen molar-refractivity contribution in [2.75, 3.05) is 32.7 Å². The third-order valence-corrected chi connectivity index (χ3v) is 3.38. The SMILES string of the molecule is CCN(CC)CCNCCCCCCC(C)C. The van der Waals surface area contributed by atoms with E-state index in [1.807, 2.05) is 0 Å². The molecule has 0 bridgehead atoms. The van der Waals surface area contributed by atoms with Crippen molar-refractivity contribution < 1.29 is 0 Å². The van der Waals surface area contributed by atoms with E-state index in [2.05, 4.69) is 37.9 Å². The van der Waals surface area contributed by atoms with E-state index in [4.69, 9.17) is 0 Å². The van der Waals surface area contributed by atoms with E-state index in [9.17, 15) is 0 Å². The third-order valence-electron chi connectivity index (χ3n) is 3.38. The summed E-state index contributed by atoms with van der Waals surface area (Å²) in [5, 5.41) is 3.54. The Labute approximate surface area is 109 Å². The maximum atomic E-state index is 3.54. The Balaban J connectivity index is 3.08. The molecule has 0 aliphatic heterocycles. The highest BCUT2D eigenvalue weighted by Gasteiger charge is 1.97. The number of rotatable bonds is 12. The van der Waals surface area contributed by atoms with Crippen LogP contribution >= 0.6 is 0 Å². The van der Waals surface area contributed by atoms with Gasteiger partial charge in [0.05, 0.1) is 0 Å². The van der Waals surface area contributed by atoms with Gasteiger partial charge in [-0.15, -0.1) is 0 Å². The highest BCUT2D eigenvalue weighted by atomic mass is 15.1. The van der Waals surface area contributed by atoms with Crippen LogP contribution in [0.2, 0.25) is 0 Å². The number of nitrogens with zero attached hydrogens (tertiary/aromatic N) is 1. The van der Waals surface area contributed by atoms with E-state index in [0.29, 0.717) is 0 Å². The van der Waals surface area contributed by atoms with Gasteiger partial charge < -0.3 is 10.2 Å². The van der Waals surface area contributed by atoms with Crippen molar-refractivity contribution in [1.82, 2.24) is 10.2 Å². The zero-order valence-electron chi connectivity index (χ0n) is 12.6. The summed E-state index contributed by atoms with van der Waals surface area (Å²) in [4.78, 5) is 2.47. The molecule has 0 rings (SSSR count). The molecule has 0 amide bonds. The Hall–Kier alpha value is -0.0800. The topological polar surface area (TPSA) is 15.3 Å². The Morgan fingerprint density at radius 1 is 0.882 bits per heavy atom. The van der Waals surface area contributed by atoms with Gasteiger partial charge in [-0.25, -0.2) is 0 Å². The number of nitrogens with one attached hydrogen (secondary N) is 1. The zero-order valence-corrected chi connectivity index (χ0v) is 12.6. The molecule has 0 fully saturated rings. The van der Waals surface area contributed by atoms with Gasteiger partial charge in [-0.3, -0.25) is 0 Å². The molecule has 104 valence electrons. The smallest absolute Gasteiger partial charge is 0.0107 e. The van der Waals surface area contributed by atoms with Crippen LogP contribution in [0, 0.1) is 5.92 Å². The van der Waals surface area contributed by atoms with Crippen LogP contribution < -0.4 is 5.32 Å². The highest BCUT2D eigenvalue weighted by molar-refractivity contribution is 4.56. The fourth-order valence-electron chi connectivity index (χ4n) is 2.06. The van der Waals surface area contributed by atoms with Crippen LogP contribution in [0.15, 0.2) is 0 Å². The van der Waals surface area contributed by atoms with Gasteiger partial charge in [0.1, 0.15) is 0 Å². The molecule has 0 saturated heterocycles. The quantitative estimate of drug-likeness (QED) is 0.527. The van der Waals surface area contributed by atoms with E-state index in [0.717, 1.165) is 12.5 Å². The predicted molar refractivity (Wildman–Crippen MR) is 78.6 cm³/mol. The molecule has 0 aliphatic rings. The maximum absolute atomic E-state index is 3.54. The molecule has 0 spiro atoms. The normalized spacial score (nSPS) is 11.6. The molecule has 17 heavy (non-hydrogen) atoms. The first-order valence-electron chi connectivity index (χ1n) is 7.63. The van der Waals surface area contributed by atoms with Crippen molar-refractivity contribution in [3.05, 3.63) is 0 Å². The predicted octanol–water partition coefficient (Wildman–Crippen LogP) is 3.52. The van der Waals surface area contributed by atoms with E-state index in [1.165, 1.54) is 58.3 Å². The minimum absolute atomic E-state index is 0.877. The molecular formula is C15H34N2. The second-order valence-electron chi connectivity index (χ2n) is 5.37. The van der Waals surface area contributed by atoms with Gasteiger partial charge in [0, 0.05) is 13.1 Å². The molecule has 2 heteroatoms. The van der Waals surface area contributed by atoms with Crippen LogP contribution in [0.1, 0.15) is 59.8 Å². The number of hydrogen-bond donors (Lipinski definition) is 1. The van der Waals surface area contributed by atoms with Crippen molar-refractivity contribution >= 4 is 0 Å². The van der Waals surface area contributed by atoms with Crippen molar-refractivity contribution in [3.63, 3.8) is 0 Å². The molecule has 0 saturated carbocycles. The average Bonchev–Trinajstić information content (AvgIpc) is 2.31. The van der Waals surface area contributed by atoms with Gasteiger partial charge in [0.25, 0.3) is 0 Å². The summed E-state index contributed by atoms with van der Waals surface area (Å²) >= 11 is 0. The first-order chi connectivity index (χ1) is 8.20.